The summed E-state index contributed by atoms with van der Waals surface area (Å²) in [4.78, 5) is 12.1. The van der Waals surface area contributed by atoms with Crippen LogP contribution in [-0.4, -0.2) is 31.2 Å². The summed E-state index contributed by atoms with van der Waals surface area (Å²) in [6.07, 6.45) is 7.39. The summed E-state index contributed by atoms with van der Waals surface area (Å²) >= 11 is 0. The van der Waals surface area contributed by atoms with Crippen LogP contribution in [0.1, 0.15) is 59.3 Å². The molecule has 0 saturated heterocycles. The Labute approximate surface area is 129 Å². The molecule has 0 radical (unpaired) electrons. The Bertz CT molecular complexity index is 326. The monoisotopic (exact) mass is 317 g/mol. The highest BCUT2D eigenvalue weighted by Gasteiger charge is 2.36. The number of carbonyl (C=O) groups excluding carboxylic acids is 1. The summed E-state index contributed by atoms with van der Waals surface area (Å²) in [5.74, 6) is -0.123. The lowest BCUT2D eigenvalue weighted by atomic mass is 9.83. The van der Waals surface area contributed by atoms with E-state index in [1.54, 1.807) is 0 Å². The topological polar surface area (TPSA) is 52.6 Å². The van der Waals surface area contributed by atoms with Gasteiger partial charge in [0, 0.05) is 13.5 Å². The quantitative estimate of drug-likeness (QED) is 0.469. The fraction of sp³-hybridized carbons (Fsp3) is 0.938. The molecule has 1 saturated carbocycles. The molecule has 4 nitrogen and oxygen atoms in total. The molecule has 3 atom stereocenters. The van der Waals surface area contributed by atoms with Crippen molar-refractivity contribution < 1.29 is 18.8 Å². The SMILES string of the molecule is CCOC(=O)C(CC1CCCCC1)C[P+](=O)C(C)OCC. The first-order valence-electron chi connectivity index (χ1n) is 8.30. The lowest BCUT2D eigenvalue weighted by Crippen LogP contribution is -2.25. The molecular formula is C16H30O4P+. The third kappa shape index (κ3) is 6.88. The smallest absolute Gasteiger partial charge is 0.370 e. The third-order valence-corrected chi connectivity index (χ3v) is 5.94. The molecule has 0 aromatic rings. The molecule has 5 heteroatoms. The average molecular weight is 317 g/mol. The van der Waals surface area contributed by atoms with E-state index in [9.17, 15) is 9.36 Å². The summed E-state index contributed by atoms with van der Waals surface area (Å²) in [5.41, 5.74) is 0. The second-order valence-electron chi connectivity index (χ2n) is 5.84. The standard InChI is InChI=1S/C16H30O4P/c1-4-19-13(3)21(18)12-15(16(17)20-5-2)11-14-9-7-6-8-10-14/h13-15H,4-12H2,1-3H3/q+1. The lowest BCUT2D eigenvalue weighted by molar-refractivity contribution is -0.147. The molecule has 1 aliphatic rings. The van der Waals surface area contributed by atoms with E-state index in [1.165, 1.54) is 32.1 Å². The molecule has 0 spiro atoms. The van der Waals surface area contributed by atoms with Crippen molar-refractivity contribution in [3.63, 3.8) is 0 Å². The second kappa shape index (κ2) is 10.3. The lowest BCUT2D eigenvalue weighted by Gasteiger charge is -2.24. The summed E-state index contributed by atoms with van der Waals surface area (Å²) < 4.78 is 22.9. The van der Waals surface area contributed by atoms with E-state index in [0.717, 1.165) is 6.42 Å². The minimum absolute atomic E-state index is 0.185. The number of hydrogen-bond donors (Lipinski definition) is 0. The van der Waals surface area contributed by atoms with Gasteiger partial charge in [-0.3, -0.25) is 4.79 Å². The van der Waals surface area contributed by atoms with Gasteiger partial charge in [0.2, 0.25) is 0 Å². The zero-order chi connectivity index (χ0) is 15.7. The molecule has 122 valence electrons. The van der Waals surface area contributed by atoms with Crippen LogP contribution in [0, 0.1) is 11.8 Å². The van der Waals surface area contributed by atoms with Crippen LogP contribution >= 0.6 is 7.80 Å². The highest BCUT2D eigenvalue weighted by atomic mass is 31.1. The van der Waals surface area contributed by atoms with Crippen LogP contribution in [0.5, 0.6) is 0 Å². The van der Waals surface area contributed by atoms with Crippen molar-refractivity contribution >= 4 is 13.8 Å². The van der Waals surface area contributed by atoms with Crippen molar-refractivity contribution in [2.75, 3.05) is 19.4 Å². The van der Waals surface area contributed by atoms with Crippen molar-refractivity contribution in [3.05, 3.63) is 0 Å². The fourth-order valence-electron chi connectivity index (χ4n) is 3.02. The predicted octanol–water partition coefficient (Wildman–Crippen LogP) is 4.35. The van der Waals surface area contributed by atoms with Crippen LogP contribution in [0.2, 0.25) is 0 Å². The predicted molar refractivity (Wildman–Crippen MR) is 84.9 cm³/mol. The molecule has 1 aliphatic carbocycles. The minimum Gasteiger partial charge on any atom is -0.466 e. The van der Waals surface area contributed by atoms with Crippen molar-refractivity contribution in [1.29, 1.82) is 0 Å². The molecule has 0 amide bonds. The van der Waals surface area contributed by atoms with Gasteiger partial charge in [0.1, 0.15) is 5.92 Å². The van der Waals surface area contributed by atoms with Crippen molar-refractivity contribution in [3.8, 4) is 0 Å². The first-order valence-corrected chi connectivity index (χ1v) is 9.81. The largest absolute Gasteiger partial charge is 0.466 e. The van der Waals surface area contributed by atoms with Gasteiger partial charge in [0.05, 0.1) is 6.61 Å². The number of hydrogen-bond acceptors (Lipinski definition) is 4. The molecule has 0 aliphatic heterocycles. The zero-order valence-electron chi connectivity index (χ0n) is 13.7. The van der Waals surface area contributed by atoms with Gasteiger partial charge in [0.15, 0.2) is 6.16 Å². The van der Waals surface area contributed by atoms with Crippen molar-refractivity contribution in [2.24, 2.45) is 11.8 Å². The van der Waals surface area contributed by atoms with Crippen LogP contribution < -0.4 is 0 Å². The minimum atomic E-state index is -1.53. The summed E-state index contributed by atoms with van der Waals surface area (Å²) in [6, 6.07) is 0. The van der Waals surface area contributed by atoms with Gasteiger partial charge < -0.3 is 9.47 Å². The number of rotatable bonds is 9. The highest BCUT2D eigenvalue weighted by molar-refractivity contribution is 7.45. The maximum absolute atomic E-state index is 12.3. The normalized spacial score (nSPS) is 19.9. The Morgan fingerprint density at radius 3 is 2.43 bits per heavy atom. The average Bonchev–Trinajstić information content (AvgIpc) is 2.48. The number of carbonyl (C=O) groups is 1. The molecule has 1 rings (SSSR count). The van der Waals surface area contributed by atoms with Gasteiger partial charge in [-0.2, -0.15) is 0 Å². The molecule has 0 aromatic carbocycles. The summed E-state index contributed by atoms with van der Waals surface area (Å²) in [6.45, 7) is 6.47. The van der Waals surface area contributed by atoms with E-state index in [4.69, 9.17) is 9.47 Å². The van der Waals surface area contributed by atoms with Gasteiger partial charge in [-0.05, 0) is 26.2 Å². The number of esters is 1. The maximum Gasteiger partial charge on any atom is 0.370 e. The van der Waals surface area contributed by atoms with Gasteiger partial charge in [-0.1, -0.05) is 36.7 Å². The van der Waals surface area contributed by atoms with Crippen LogP contribution in [0.3, 0.4) is 0 Å². The van der Waals surface area contributed by atoms with E-state index in [-0.39, 0.29) is 17.7 Å². The number of ether oxygens (including phenoxy) is 2. The van der Waals surface area contributed by atoms with Gasteiger partial charge >= 0.3 is 13.8 Å². The van der Waals surface area contributed by atoms with Crippen LogP contribution in [0.25, 0.3) is 0 Å². The molecule has 0 heterocycles. The Kier molecular flexibility index (Phi) is 9.10. The fourth-order valence-corrected chi connectivity index (χ4v) is 4.37. The van der Waals surface area contributed by atoms with E-state index < -0.39 is 7.80 Å². The van der Waals surface area contributed by atoms with E-state index in [2.05, 4.69) is 0 Å². The molecule has 0 N–H and O–H groups in total. The van der Waals surface area contributed by atoms with Gasteiger partial charge in [-0.15, -0.1) is 0 Å². The first-order chi connectivity index (χ1) is 10.1. The van der Waals surface area contributed by atoms with Crippen LogP contribution in [-0.2, 0) is 18.8 Å². The molecule has 0 aromatic heterocycles. The van der Waals surface area contributed by atoms with Crippen molar-refractivity contribution in [1.82, 2.24) is 0 Å². The molecule has 1 fully saturated rings. The molecule has 21 heavy (non-hydrogen) atoms. The Morgan fingerprint density at radius 2 is 1.86 bits per heavy atom. The summed E-state index contributed by atoms with van der Waals surface area (Å²) in [5, 5.41) is 0. The highest BCUT2D eigenvalue weighted by Crippen LogP contribution is 2.36. The molecule has 3 unspecified atom stereocenters. The van der Waals surface area contributed by atoms with Crippen LogP contribution in [0.4, 0.5) is 0 Å². The summed E-state index contributed by atoms with van der Waals surface area (Å²) in [7, 11) is -1.53. The van der Waals surface area contributed by atoms with E-state index in [0.29, 0.717) is 25.3 Å². The maximum atomic E-state index is 12.3. The molecule has 0 bridgehead atoms. The third-order valence-electron chi connectivity index (χ3n) is 4.18. The second-order valence-corrected chi connectivity index (χ2v) is 7.77. The van der Waals surface area contributed by atoms with Gasteiger partial charge in [-0.25, -0.2) is 0 Å². The van der Waals surface area contributed by atoms with E-state index >= 15 is 0 Å². The van der Waals surface area contributed by atoms with E-state index in [1.807, 2.05) is 20.8 Å². The Hall–Kier alpha value is -0.470. The Balaban J connectivity index is 2.58. The zero-order valence-corrected chi connectivity index (χ0v) is 14.6. The first kappa shape index (κ1) is 18.6. The molecular weight excluding hydrogens is 287 g/mol. The van der Waals surface area contributed by atoms with Gasteiger partial charge in [0.25, 0.3) is 5.85 Å². The Morgan fingerprint density at radius 1 is 1.19 bits per heavy atom. The van der Waals surface area contributed by atoms with Crippen molar-refractivity contribution in [2.45, 2.75) is 65.1 Å². The van der Waals surface area contributed by atoms with Crippen LogP contribution in [0.15, 0.2) is 0 Å².